The largest absolute Gasteiger partial charge is 0.497 e. The number of aromatic nitrogens is 2. The van der Waals surface area contributed by atoms with Crippen molar-refractivity contribution >= 4 is 15.7 Å². The monoisotopic (exact) mass is 442 g/mol. The third-order valence-corrected chi connectivity index (χ3v) is 5.84. The molecule has 3 aromatic rings. The Labute approximate surface area is 181 Å². The van der Waals surface area contributed by atoms with Crippen LogP contribution in [0.3, 0.4) is 0 Å². The first-order chi connectivity index (χ1) is 14.7. The summed E-state index contributed by atoms with van der Waals surface area (Å²) in [5.41, 5.74) is 3.36. The number of aryl methyl sites for hydroxylation is 1. The van der Waals surface area contributed by atoms with Gasteiger partial charge in [0.1, 0.15) is 5.75 Å². The minimum Gasteiger partial charge on any atom is -0.497 e. The van der Waals surface area contributed by atoms with Crippen LogP contribution in [-0.4, -0.2) is 31.0 Å². The van der Waals surface area contributed by atoms with Crippen molar-refractivity contribution in [1.29, 1.82) is 0 Å². The van der Waals surface area contributed by atoms with Gasteiger partial charge in [0.25, 0.3) is 5.56 Å². The van der Waals surface area contributed by atoms with Crippen molar-refractivity contribution in [3.8, 4) is 11.4 Å². The molecule has 9 heteroatoms. The Balaban J connectivity index is 1.92. The van der Waals surface area contributed by atoms with Gasteiger partial charge in [-0.3, -0.25) is 14.9 Å². The summed E-state index contributed by atoms with van der Waals surface area (Å²) in [5, 5.41) is 8.34. The normalized spacial score (nSPS) is 12.2. The lowest BCUT2D eigenvalue weighted by Gasteiger charge is -2.03. The number of sulfonamides is 1. The average molecular weight is 443 g/mol. The van der Waals surface area contributed by atoms with E-state index in [1.54, 1.807) is 38.3 Å². The fourth-order valence-corrected chi connectivity index (χ4v) is 3.79. The molecule has 0 saturated carbocycles. The smallest absolute Gasteiger partial charge is 0.280 e. The number of H-pyrrole nitrogens is 1. The van der Waals surface area contributed by atoms with Gasteiger partial charge in [-0.2, -0.15) is 0 Å². The topological polar surface area (TPSA) is 120 Å². The fourth-order valence-electron chi connectivity index (χ4n) is 3.27. The Bertz CT molecular complexity index is 1240. The second-order valence-corrected chi connectivity index (χ2v) is 8.71. The van der Waals surface area contributed by atoms with Gasteiger partial charge < -0.3 is 4.74 Å². The summed E-state index contributed by atoms with van der Waals surface area (Å²) in [6, 6.07) is 13.5. The number of nitrogens with two attached hydrogens (primary N) is 1. The minimum absolute atomic E-state index is 0.0511. The Morgan fingerprint density at radius 2 is 1.77 bits per heavy atom. The maximum absolute atomic E-state index is 13.2. The lowest BCUT2D eigenvalue weighted by atomic mass is 10.1. The molecule has 0 fully saturated rings. The molecule has 164 valence electrons. The number of methoxy groups -OCH3 is 1. The van der Waals surface area contributed by atoms with Gasteiger partial charge in [-0.15, -0.1) is 0 Å². The number of nitrogens with one attached hydrogen (secondary N) is 1. The van der Waals surface area contributed by atoms with E-state index in [0.29, 0.717) is 35.7 Å². The number of primary sulfonamides is 1. The van der Waals surface area contributed by atoms with Crippen LogP contribution in [0.15, 0.2) is 63.2 Å². The number of nitrogens with zero attached hydrogens (tertiary/aromatic N) is 2. The van der Waals surface area contributed by atoms with Crippen LogP contribution in [-0.2, 0) is 23.0 Å². The number of rotatable bonds is 8. The van der Waals surface area contributed by atoms with Crippen LogP contribution in [0.5, 0.6) is 5.75 Å². The van der Waals surface area contributed by atoms with E-state index >= 15 is 0 Å². The number of benzene rings is 2. The first kappa shape index (κ1) is 22.5. The van der Waals surface area contributed by atoms with E-state index < -0.39 is 10.0 Å². The molecule has 0 radical (unpaired) electrons. The molecule has 0 unspecified atom stereocenters. The van der Waals surface area contributed by atoms with E-state index in [9.17, 15) is 13.2 Å². The van der Waals surface area contributed by atoms with E-state index in [-0.39, 0.29) is 10.5 Å². The molecule has 0 aliphatic carbocycles. The van der Waals surface area contributed by atoms with Crippen molar-refractivity contribution in [2.24, 2.45) is 10.1 Å². The van der Waals surface area contributed by atoms with Crippen LogP contribution < -0.4 is 15.4 Å². The molecule has 0 spiro atoms. The third-order valence-electron chi connectivity index (χ3n) is 4.91. The van der Waals surface area contributed by atoms with Gasteiger partial charge in [0.2, 0.25) is 10.0 Å². The molecule has 2 aromatic carbocycles. The van der Waals surface area contributed by atoms with Gasteiger partial charge in [-0.1, -0.05) is 25.5 Å². The quantitative estimate of drug-likeness (QED) is 0.521. The molecule has 0 bridgehead atoms. The minimum atomic E-state index is -3.73. The van der Waals surface area contributed by atoms with Gasteiger partial charge in [-0.25, -0.2) is 18.2 Å². The van der Waals surface area contributed by atoms with Gasteiger partial charge in [0, 0.05) is 11.4 Å². The van der Waals surface area contributed by atoms with E-state index in [4.69, 9.17) is 9.88 Å². The van der Waals surface area contributed by atoms with Crippen LogP contribution in [0.1, 0.15) is 37.1 Å². The maximum Gasteiger partial charge on any atom is 0.280 e. The SMILES string of the molecule is CCCc1[nH]n(-c2ccc(OC)cc2)c(=O)c1C(C)=NCc1ccc(S(N)(=O)=O)cc1. The summed E-state index contributed by atoms with van der Waals surface area (Å²) in [6.07, 6.45) is 1.58. The van der Waals surface area contributed by atoms with Gasteiger partial charge in [-0.05, 0) is 55.3 Å². The zero-order valence-electron chi connectivity index (χ0n) is 17.8. The zero-order chi connectivity index (χ0) is 22.6. The molecule has 8 nitrogen and oxygen atoms in total. The predicted molar refractivity (Wildman–Crippen MR) is 121 cm³/mol. The number of hydrogen-bond donors (Lipinski definition) is 2. The lowest BCUT2D eigenvalue weighted by Crippen LogP contribution is -2.20. The summed E-state index contributed by atoms with van der Waals surface area (Å²) >= 11 is 0. The summed E-state index contributed by atoms with van der Waals surface area (Å²) in [4.78, 5) is 17.8. The van der Waals surface area contributed by atoms with E-state index in [0.717, 1.165) is 17.7 Å². The highest BCUT2D eigenvalue weighted by atomic mass is 32.2. The third kappa shape index (κ3) is 5.12. The maximum atomic E-state index is 13.2. The Morgan fingerprint density at radius 3 is 2.32 bits per heavy atom. The summed E-state index contributed by atoms with van der Waals surface area (Å²) in [5.74, 6) is 0.712. The molecule has 0 aliphatic rings. The van der Waals surface area contributed by atoms with Gasteiger partial charge in [0.15, 0.2) is 0 Å². The first-order valence-corrected chi connectivity index (χ1v) is 11.4. The molecule has 0 atom stereocenters. The molecule has 1 aromatic heterocycles. The van der Waals surface area contributed by atoms with E-state index in [1.807, 2.05) is 19.1 Å². The van der Waals surface area contributed by atoms with E-state index in [2.05, 4.69) is 10.1 Å². The second-order valence-electron chi connectivity index (χ2n) is 7.14. The van der Waals surface area contributed by atoms with Crippen molar-refractivity contribution in [1.82, 2.24) is 9.78 Å². The summed E-state index contributed by atoms with van der Waals surface area (Å²) < 4.78 is 29.5. The highest BCUT2D eigenvalue weighted by molar-refractivity contribution is 7.89. The molecular formula is C22H26N4O4S. The van der Waals surface area contributed by atoms with Crippen molar-refractivity contribution in [3.63, 3.8) is 0 Å². The molecule has 3 rings (SSSR count). The highest BCUT2D eigenvalue weighted by Crippen LogP contribution is 2.16. The molecule has 3 N–H and O–H groups in total. The first-order valence-electron chi connectivity index (χ1n) is 9.86. The van der Waals surface area contributed by atoms with Crippen LogP contribution in [0, 0.1) is 0 Å². The number of aromatic amines is 1. The van der Waals surface area contributed by atoms with Gasteiger partial charge in [0.05, 0.1) is 29.8 Å². The van der Waals surface area contributed by atoms with Crippen LogP contribution in [0.2, 0.25) is 0 Å². The van der Waals surface area contributed by atoms with Crippen LogP contribution >= 0.6 is 0 Å². The standard InChI is InChI=1S/C22H26N4O4S/c1-4-5-20-21(22(27)26(25-20)17-8-10-18(30-3)11-9-17)15(2)24-14-16-6-12-19(13-7-16)31(23,28)29/h6-13,25H,4-5,14H2,1-3H3,(H2,23,28,29). The lowest BCUT2D eigenvalue weighted by molar-refractivity contribution is 0.414. The Hall–Kier alpha value is -3.17. The number of aliphatic imine (C=N–C) groups is 1. The van der Waals surface area contributed by atoms with Crippen molar-refractivity contribution in [2.75, 3.05) is 7.11 Å². The Morgan fingerprint density at radius 1 is 1.13 bits per heavy atom. The second kappa shape index (κ2) is 9.32. The van der Waals surface area contributed by atoms with Crippen molar-refractivity contribution < 1.29 is 13.2 Å². The Kier molecular flexibility index (Phi) is 6.77. The number of hydrogen-bond acceptors (Lipinski definition) is 5. The zero-order valence-corrected chi connectivity index (χ0v) is 18.6. The van der Waals surface area contributed by atoms with Crippen LogP contribution in [0.25, 0.3) is 5.69 Å². The molecule has 0 aliphatic heterocycles. The van der Waals surface area contributed by atoms with Gasteiger partial charge >= 0.3 is 0 Å². The van der Waals surface area contributed by atoms with Crippen LogP contribution in [0.4, 0.5) is 0 Å². The fraction of sp³-hybridized carbons (Fsp3) is 0.273. The van der Waals surface area contributed by atoms with E-state index in [1.165, 1.54) is 16.8 Å². The molecule has 31 heavy (non-hydrogen) atoms. The summed E-state index contributed by atoms with van der Waals surface area (Å²) in [7, 11) is -2.14. The van der Waals surface area contributed by atoms with Crippen molar-refractivity contribution in [3.05, 3.63) is 75.7 Å². The molecule has 0 amide bonds. The average Bonchev–Trinajstić information content (AvgIpc) is 3.08. The summed E-state index contributed by atoms with van der Waals surface area (Å²) in [6.45, 7) is 4.17. The molecular weight excluding hydrogens is 416 g/mol. The van der Waals surface area contributed by atoms with Crippen molar-refractivity contribution in [2.45, 2.75) is 38.1 Å². The molecule has 0 saturated heterocycles. The molecule has 1 heterocycles. The predicted octanol–water partition coefficient (Wildman–Crippen LogP) is 2.78. The number of ether oxygens (including phenoxy) is 1. The highest BCUT2D eigenvalue weighted by Gasteiger charge is 2.17.